The first-order valence-electron chi connectivity index (χ1n) is 10.6. The predicted octanol–water partition coefficient (Wildman–Crippen LogP) is 4.87. The Balaban J connectivity index is 1.94. The van der Waals surface area contributed by atoms with Gasteiger partial charge >= 0.3 is 5.97 Å². The Morgan fingerprint density at radius 3 is 2.52 bits per heavy atom. The molecule has 0 fully saturated rings. The molecule has 3 aromatic rings. The lowest BCUT2D eigenvalue weighted by Crippen LogP contribution is -2.17. The molecular formula is C25H26ClNO6. The minimum Gasteiger partial charge on any atom is -0.492 e. The van der Waals surface area contributed by atoms with E-state index in [0.29, 0.717) is 54.0 Å². The molecule has 0 radical (unpaired) electrons. The third kappa shape index (κ3) is 6.60. The summed E-state index contributed by atoms with van der Waals surface area (Å²) in [5, 5.41) is 0.366. The minimum absolute atomic E-state index is 0.0726. The second kappa shape index (κ2) is 12.1. The summed E-state index contributed by atoms with van der Waals surface area (Å²) in [4.78, 5) is 27.5. The molecule has 2 aromatic carbocycles. The van der Waals surface area contributed by atoms with E-state index in [1.165, 1.54) is 12.3 Å². The second-order valence-corrected chi connectivity index (χ2v) is 7.50. The molecule has 0 aliphatic carbocycles. The van der Waals surface area contributed by atoms with Crippen LogP contribution in [0.25, 0.3) is 11.3 Å². The Hall–Kier alpha value is -3.29. The number of methoxy groups -OCH3 is 1. The topological polar surface area (TPSA) is 86.9 Å². The second-order valence-electron chi connectivity index (χ2n) is 7.09. The van der Waals surface area contributed by atoms with Crippen molar-refractivity contribution in [1.29, 1.82) is 0 Å². The summed E-state index contributed by atoms with van der Waals surface area (Å²) in [7, 11) is 1.63. The molecule has 3 rings (SSSR count). The fourth-order valence-electron chi connectivity index (χ4n) is 3.09. The maximum Gasteiger partial charge on any atom is 0.343 e. The van der Waals surface area contributed by atoms with E-state index in [4.69, 9.17) is 30.5 Å². The monoisotopic (exact) mass is 471 g/mol. The van der Waals surface area contributed by atoms with Crippen LogP contribution in [0.2, 0.25) is 5.02 Å². The third-order valence-electron chi connectivity index (χ3n) is 4.72. The summed E-state index contributed by atoms with van der Waals surface area (Å²) in [6.45, 7) is 3.16. The standard InChI is InChI=1S/C25H26ClNO6/c1-3-31-25(29)19-15-27-21(13-22(19)28)18-12-20(26)24(32-11-7-10-30-2)14-23(18)33-16-17-8-5-4-6-9-17/h4-6,8-9,12-15H,3,7,10-11,16H2,1-2H3,(H,27,28). The van der Waals surface area contributed by atoms with Gasteiger partial charge in [-0.3, -0.25) is 4.79 Å². The first-order valence-corrected chi connectivity index (χ1v) is 10.9. The smallest absolute Gasteiger partial charge is 0.343 e. The average molecular weight is 472 g/mol. The first-order chi connectivity index (χ1) is 16.0. The number of ether oxygens (including phenoxy) is 4. The van der Waals surface area contributed by atoms with Crippen LogP contribution in [-0.2, 0) is 16.1 Å². The van der Waals surface area contributed by atoms with Gasteiger partial charge in [0.1, 0.15) is 23.7 Å². The molecule has 1 aromatic heterocycles. The summed E-state index contributed by atoms with van der Waals surface area (Å²) in [6, 6.07) is 14.4. The summed E-state index contributed by atoms with van der Waals surface area (Å²) in [5.74, 6) is 0.262. The van der Waals surface area contributed by atoms with Gasteiger partial charge in [0.05, 0.1) is 23.9 Å². The van der Waals surface area contributed by atoms with Crippen LogP contribution in [0.15, 0.2) is 59.5 Å². The van der Waals surface area contributed by atoms with Crippen LogP contribution < -0.4 is 14.9 Å². The predicted molar refractivity (Wildman–Crippen MR) is 126 cm³/mol. The maximum absolute atomic E-state index is 12.5. The summed E-state index contributed by atoms with van der Waals surface area (Å²) in [5.41, 5.74) is 1.45. The number of carbonyl (C=O) groups excluding carboxylic acids is 1. The average Bonchev–Trinajstić information content (AvgIpc) is 2.82. The van der Waals surface area contributed by atoms with Crippen molar-refractivity contribution in [2.75, 3.05) is 26.9 Å². The lowest BCUT2D eigenvalue weighted by Gasteiger charge is -2.16. The van der Waals surface area contributed by atoms with Crippen LogP contribution in [-0.4, -0.2) is 37.9 Å². The molecule has 33 heavy (non-hydrogen) atoms. The summed E-state index contributed by atoms with van der Waals surface area (Å²) >= 11 is 6.47. The lowest BCUT2D eigenvalue weighted by atomic mass is 10.1. The van der Waals surface area contributed by atoms with E-state index < -0.39 is 11.4 Å². The zero-order valence-electron chi connectivity index (χ0n) is 18.6. The van der Waals surface area contributed by atoms with Crippen molar-refractivity contribution in [3.05, 3.63) is 81.1 Å². The van der Waals surface area contributed by atoms with Crippen molar-refractivity contribution in [1.82, 2.24) is 4.98 Å². The Morgan fingerprint density at radius 2 is 1.82 bits per heavy atom. The van der Waals surface area contributed by atoms with Gasteiger partial charge in [-0.25, -0.2) is 4.79 Å². The molecular weight excluding hydrogens is 446 g/mol. The minimum atomic E-state index is -0.677. The highest BCUT2D eigenvalue weighted by molar-refractivity contribution is 6.32. The molecule has 0 spiro atoms. The van der Waals surface area contributed by atoms with Crippen molar-refractivity contribution in [2.45, 2.75) is 20.0 Å². The molecule has 0 saturated heterocycles. The number of carbonyl (C=O) groups is 1. The van der Waals surface area contributed by atoms with Crippen molar-refractivity contribution < 1.29 is 23.7 Å². The number of H-pyrrole nitrogens is 1. The Morgan fingerprint density at radius 1 is 1.03 bits per heavy atom. The van der Waals surface area contributed by atoms with Crippen molar-refractivity contribution >= 4 is 17.6 Å². The zero-order chi connectivity index (χ0) is 23.6. The summed E-state index contributed by atoms with van der Waals surface area (Å²) < 4.78 is 21.9. The number of nitrogens with one attached hydrogen (secondary N) is 1. The molecule has 8 heteroatoms. The van der Waals surface area contributed by atoms with E-state index in [0.717, 1.165) is 5.56 Å². The number of esters is 1. The van der Waals surface area contributed by atoms with E-state index in [1.54, 1.807) is 26.2 Å². The molecule has 7 nitrogen and oxygen atoms in total. The van der Waals surface area contributed by atoms with Crippen LogP contribution in [0.4, 0.5) is 0 Å². The van der Waals surface area contributed by atoms with Crippen LogP contribution in [0.1, 0.15) is 29.3 Å². The number of aromatic nitrogens is 1. The molecule has 0 unspecified atom stereocenters. The first kappa shape index (κ1) is 24.4. The van der Waals surface area contributed by atoms with E-state index in [1.807, 2.05) is 30.3 Å². The third-order valence-corrected chi connectivity index (χ3v) is 5.02. The van der Waals surface area contributed by atoms with E-state index in [9.17, 15) is 9.59 Å². The van der Waals surface area contributed by atoms with E-state index in [-0.39, 0.29) is 12.2 Å². The molecule has 0 bridgehead atoms. The number of hydrogen-bond donors (Lipinski definition) is 1. The Kier molecular flexibility index (Phi) is 8.92. The highest BCUT2D eigenvalue weighted by atomic mass is 35.5. The number of pyridine rings is 1. The van der Waals surface area contributed by atoms with E-state index >= 15 is 0 Å². The Bertz CT molecular complexity index is 1130. The van der Waals surface area contributed by atoms with E-state index in [2.05, 4.69) is 4.98 Å². The van der Waals surface area contributed by atoms with Crippen LogP contribution in [0, 0.1) is 0 Å². The van der Waals surface area contributed by atoms with Crippen LogP contribution in [0.5, 0.6) is 11.5 Å². The molecule has 0 aliphatic rings. The highest BCUT2D eigenvalue weighted by Gasteiger charge is 2.17. The quantitative estimate of drug-likeness (QED) is 0.317. The lowest BCUT2D eigenvalue weighted by molar-refractivity contribution is 0.0524. The normalized spacial score (nSPS) is 10.6. The fraction of sp³-hybridized carbons (Fsp3) is 0.280. The van der Waals surface area contributed by atoms with Crippen molar-refractivity contribution in [2.24, 2.45) is 0 Å². The van der Waals surface area contributed by atoms with Crippen molar-refractivity contribution in [3.63, 3.8) is 0 Å². The fourth-order valence-corrected chi connectivity index (χ4v) is 3.31. The number of hydrogen-bond acceptors (Lipinski definition) is 6. The highest BCUT2D eigenvalue weighted by Crippen LogP contribution is 2.38. The zero-order valence-corrected chi connectivity index (χ0v) is 19.3. The van der Waals surface area contributed by atoms with Gasteiger partial charge in [0, 0.05) is 44.0 Å². The van der Waals surface area contributed by atoms with Gasteiger partial charge in [-0.2, -0.15) is 0 Å². The Labute approximate surface area is 197 Å². The molecule has 0 atom stereocenters. The SMILES string of the molecule is CCOC(=O)c1c[nH]c(-c2cc(Cl)c(OCCCOC)cc2OCc2ccccc2)cc1=O. The summed E-state index contributed by atoms with van der Waals surface area (Å²) in [6.07, 6.45) is 2.04. The molecule has 1 heterocycles. The molecule has 0 amide bonds. The molecule has 174 valence electrons. The number of benzene rings is 2. The number of rotatable bonds is 11. The molecule has 0 aliphatic heterocycles. The van der Waals surface area contributed by atoms with Gasteiger partial charge in [-0.05, 0) is 18.6 Å². The molecule has 1 N–H and O–H groups in total. The van der Waals surface area contributed by atoms with Gasteiger partial charge in [0.2, 0.25) is 0 Å². The van der Waals surface area contributed by atoms with Gasteiger partial charge in [0.15, 0.2) is 5.43 Å². The molecule has 0 saturated carbocycles. The van der Waals surface area contributed by atoms with Gasteiger partial charge < -0.3 is 23.9 Å². The van der Waals surface area contributed by atoms with Crippen LogP contribution in [0.3, 0.4) is 0 Å². The number of halogens is 1. The number of aromatic amines is 1. The van der Waals surface area contributed by atoms with Crippen LogP contribution >= 0.6 is 11.6 Å². The van der Waals surface area contributed by atoms with Gasteiger partial charge in [-0.15, -0.1) is 0 Å². The van der Waals surface area contributed by atoms with Gasteiger partial charge in [0.25, 0.3) is 0 Å². The van der Waals surface area contributed by atoms with Gasteiger partial charge in [-0.1, -0.05) is 41.9 Å². The largest absolute Gasteiger partial charge is 0.492 e. The van der Waals surface area contributed by atoms with Crippen molar-refractivity contribution in [3.8, 4) is 22.8 Å². The maximum atomic E-state index is 12.5.